The van der Waals surface area contributed by atoms with Crippen LogP contribution in [0, 0.1) is 0 Å². The predicted octanol–water partition coefficient (Wildman–Crippen LogP) is 3.07. The lowest BCUT2D eigenvalue weighted by molar-refractivity contribution is 0.0932. The maximum atomic E-state index is 11.8. The van der Waals surface area contributed by atoms with E-state index in [9.17, 15) is 9.90 Å². The van der Waals surface area contributed by atoms with Crippen LogP contribution < -0.4 is 5.32 Å². The summed E-state index contributed by atoms with van der Waals surface area (Å²) in [5.74, 6) is -0.225. The first-order chi connectivity index (χ1) is 7.58. The van der Waals surface area contributed by atoms with Gasteiger partial charge < -0.3 is 10.4 Å². The van der Waals surface area contributed by atoms with Gasteiger partial charge in [-0.25, -0.2) is 0 Å². The van der Waals surface area contributed by atoms with Crippen molar-refractivity contribution in [2.45, 2.75) is 32.7 Å². The van der Waals surface area contributed by atoms with Gasteiger partial charge in [-0.05, 0) is 31.0 Å². The first-order valence-corrected chi connectivity index (χ1v) is 6.17. The largest absolute Gasteiger partial charge is 0.507 e. The Labute approximate surface area is 104 Å². The minimum absolute atomic E-state index is 0.00201. The summed E-state index contributed by atoms with van der Waals surface area (Å²) < 4.78 is 0.754. The van der Waals surface area contributed by atoms with Crippen LogP contribution >= 0.6 is 15.9 Å². The zero-order valence-corrected chi connectivity index (χ0v) is 11.0. The molecule has 0 spiro atoms. The first-order valence-electron chi connectivity index (χ1n) is 5.37. The lowest BCUT2D eigenvalue weighted by Gasteiger charge is -2.15. The van der Waals surface area contributed by atoms with E-state index in [1.165, 1.54) is 6.07 Å². The van der Waals surface area contributed by atoms with Gasteiger partial charge in [0.25, 0.3) is 5.91 Å². The van der Waals surface area contributed by atoms with Crippen LogP contribution in [0.3, 0.4) is 0 Å². The van der Waals surface area contributed by atoms with Crippen molar-refractivity contribution >= 4 is 21.8 Å². The molecule has 1 aromatic carbocycles. The number of carbonyl (C=O) groups is 1. The van der Waals surface area contributed by atoms with E-state index in [0.717, 1.165) is 17.3 Å². The number of hydrogen-bond donors (Lipinski definition) is 2. The second-order valence-corrected chi connectivity index (χ2v) is 4.56. The van der Waals surface area contributed by atoms with Gasteiger partial charge >= 0.3 is 0 Å². The fourth-order valence-corrected chi connectivity index (χ4v) is 1.80. The van der Waals surface area contributed by atoms with Crippen molar-refractivity contribution in [1.82, 2.24) is 5.32 Å². The Morgan fingerprint density at radius 1 is 1.44 bits per heavy atom. The van der Waals surface area contributed by atoms with E-state index < -0.39 is 0 Å². The topological polar surface area (TPSA) is 49.3 Å². The maximum Gasteiger partial charge on any atom is 0.255 e. The standard InChI is InChI=1S/C12H16BrNO2/c1-3-9(4-2)14-12(16)10-6-5-8(13)7-11(10)15/h5-7,9,15H,3-4H2,1-2H3,(H,14,16). The van der Waals surface area contributed by atoms with Gasteiger partial charge in [0.1, 0.15) is 5.75 Å². The molecule has 88 valence electrons. The van der Waals surface area contributed by atoms with E-state index in [0.29, 0.717) is 5.56 Å². The van der Waals surface area contributed by atoms with Crippen molar-refractivity contribution in [2.75, 3.05) is 0 Å². The van der Waals surface area contributed by atoms with Crippen molar-refractivity contribution < 1.29 is 9.90 Å². The molecule has 16 heavy (non-hydrogen) atoms. The van der Waals surface area contributed by atoms with E-state index in [4.69, 9.17) is 0 Å². The van der Waals surface area contributed by atoms with Gasteiger partial charge in [0.15, 0.2) is 0 Å². The molecular weight excluding hydrogens is 270 g/mol. The fourth-order valence-electron chi connectivity index (χ4n) is 1.45. The zero-order chi connectivity index (χ0) is 12.1. The maximum absolute atomic E-state index is 11.8. The van der Waals surface area contributed by atoms with Crippen molar-refractivity contribution in [3.63, 3.8) is 0 Å². The van der Waals surface area contributed by atoms with Crippen LogP contribution in [-0.2, 0) is 0 Å². The Morgan fingerprint density at radius 3 is 2.56 bits per heavy atom. The highest BCUT2D eigenvalue weighted by molar-refractivity contribution is 9.10. The van der Waals surface area contributed by atoms with E-state index in [2.05, 4.69) is 21.2 Å². The molecule has 0 heterocycles. The summed E-state index contributed by atoms with van der Waals surface area (Å²) in [6.07, 6.45) is 1.78. The lowest BCUT2D eigenvalue weighted by Crippen LogP contribution is -2.33. The van der Waals surface area contributed by atoms with Crippen LogP contribution in [0.5, 0.6) is 5.75 Å². The minimum Gasteiger partial charge on any atom is -0.507 e. The molecule has 0 radical (unpaired) electrons. The van der Waals surface area contributed by atoms with E-state index in [-0.39, 0.29) is 17.7 Å². The molecule has 1 amide bonds. The monoisotopic (exact) mass is 285 g/mol. The van der Waals surface area contributed by atoms with Crippen LogP contribution in [0.1, 0.15) is 37.0 Å². The van der Waals surface area contributed by atoms with Crippen molar-refractivity contribution in [2.24, 2.45) is 0 Å². The first kappa shape index (κ1) is 13.0. The summed E-state index contributed by atoms with van der Waals surface area (Å²) in [6, 6.07) is 5.02. The number of phenolic OH excluding ortho intramolecular Hbond substituents is 1. The molecule has 0 saturated carbocycles. The molecule has 0 atom stereocenters. The van der Waals surface area contributed by atoms with Gasteiger partial charge in [-0.1, -0.05) is 29.8 Å². The van der Waals surface area contributed by atoms with E-state index >= 15 is 0 Å². The van der Waals surface area contributed by atoms with Crippen LogP contribution in [0.2, 0.25) is 0 Å². The van der Waals surface area contributed by atoms with Gasteiger partial charge in [-0.3, -0.25) is 4.79 Å². The van der Waals surface area contributed by atoms with E-state index in [1.807, 2.05) is 13.8 Å². The third-order valence-corrected chi connectivity index (χ3v) is 3.02. The zero-order valence-electron chi connectivity index (χ0n) is 9.46. The second kappa shape index (κ2) is 5.89. The minimum atomic E-state index is -0.223. The number of phenols is 1. The van der Waals surface area contributed by atoms with Crippen LogP contribution in [0.4, 0.5) is 0 Å². The van der Waals surface area contributed by atoms with Crippen LogP contribution in [-0.4, -0.2) is 17.1 Å². The number of amides is 1. The molecular formula is C12H16BrNO2. The molecule has 3 nitrogen and oxygen atoms in total. The average molecular weight is 286 g/mol. The van der Waals surface area contributed by atoms with Gasteiger partial charge in [0.05, 0.1) is 5.56 Å². The highest BCUT2D eigenvalue weighted by Crippen LogP contribution is 2.22. The van der Waals surface area contributed by atoms with Gasteiger partial charge in [-0.15, -0.1) is 0 Å². The molecule has 1 aromatic rings. The molecule has 0 aliphatic carbocycles. The molecule has 1 rings (SSSR count). The Morgan fingerprint density at radius 2 is 2.06 bits per heavy atom. The predicted molar refractivity (Wildman–Crippen MR) is 67.6 cm³/mol. The number of hydrogen-bond acceptors (Lipinski definition) is 2. The molecule has 0 saturated heterocycles. The normalized spacial score (nSPS) is 10.5. The highest BCUT2D eigenvalue weighted by atomic mass is 79.9. The van der Waals surface area contributed by atoms with Gasteiger partial charge in [0, 0.05) is 10.5 Å². The highest BCUT2D eigenvalue weighted by Gasteiger charge is 2.14. The molecule has 0 bridgehead atoms. The molecule has 0 fully saturated rings. The Hall–Kier alpha value is -1.03. The number of rotatable bonds is 4. The molecule has 0 aromatic heterocycles. The molecule has 4 heteroatoms. The summed E-state index contributed by atoms with van der Waals surface area (Å²) >= 11 is 3.23. The summed E-state index contributed by atoms with van der Waals surface area (Å²) in [5.41, 5.74) is 0.315. The molecule has 0 aliphatic rings. The summed E-state index contributed by atoms with van der Waals surface area (Å²) in [4.78, 5) is 11.8. The Balaban J connectivity index is 2.80. The number of carbonyl (C=O) groups excluding carboxylic acids is 1. The Bertz CT molecular complexity index is 375. The summed E-state index contributed by atoms with van der Waals surface area (Å²) in [6.45, 7) is 4.05. The summed E-state index contributed by atoms with van der Waals surface area (Å²) in [7, 11) is 0. The molecule has 0 unspecified atom stereocenters. The number of aromatic hydroxyl groups is 1. The van der Waals surface area contributed by atoms with Crippen LogP contribution in [0.25, 0.3) is 0 Å². The third-order valence-electron chi connectivity index (χ3n) is 2.53. The van der Waals surface area contributed by atoms with Gasteiger partial charge in [-0.2, -0.15) is 0 Å². The SMILES string of the molecule is CCC(CC)NC(=O)c1ccc(Br)cc1O. The molecule has 2 N–H and O–H groups in total. The molecule has 0 aliphatic heterocycles. The van der Waals surface area contributed by atoms with Crippen molar-refractivity contribution in [1.29, 1.82) is 0 Å². The number of halogens is 1. The smallest absolute Gasteiger partial charge is 0.255 e. The lowest BCUT2D eigenvalue weighted by atomic mass is 10.1. The van der Waals surface area contributed by atoms with Crippen molar-refractivity contribution in [3.05, 3.63) is 28.2 Å². The van der Waals surface area contributed by atoms with Crippen LogP contribution in [0.15, 0.2) is 22.7 Å². The number of nitrogens with one attached hydrogen (secondary N) is 1. The quantitative estimate of drug-likeness (QED) is 0.893. The Kier molecular flexibility index (Phi) is 4.80. The number of benzene rings is 1. The van der Waals surface area contributed by atoms with Crippen molar-refractivity contribution in [3.8, 4) is 5.75 Å². The fraction of sp³-hybridized carbons (Fsp3) is 0.417. The van der Waals surface area contributed by atoms with E-state index in [1.54, 1.807) is 12.1 Å². The second-order valence-electron chi connectivity index (χ2n) is 3.65. The summed E-state index contributed by atoms with van der Waals surface area (Å²) in [5, 5.41) is 12.5. The third kappa shape index (κ3) is 3.23. The average Bonchev–Trinajstić information content (AvgIpc) is 2.25. The van der Waals surface area contributed by atoms with Gasteiger partial charge in [0.2, 0.25) is 0 Å².